The lowest BCUT2D eigenvalue weighted by Gasteiger charge is -2.12. The molecule has 0 bridgehead atoms. The van der Waals surface area contributed by atoms with Crippen molar-refractivity contribution in [2.45, 2.75) is 45.3 Å². The van der Waals surface area contributed by atoms with Gasteiger partial charge in [-0.3, -0.25) is 4.68 Å². The van der Waals surface area contributed by atoms with Crippen molar-refractivity contribution in [2.24, 2.45) is 0 Å². The molecule has 1 unspecified atom stereocenters. The summed E-state index contributed by atoms with van der Waals surface area (Å²) < 4.78 is 24.0. The zero-order valence-electron chi connectivity index (χ0n) is 11.2. The Bertz CT molecular complexity index is 463. The first-order chi connectivity index (χ1) is 8.35. The predicted octanol–water partition coefficient (Wildman–Crippen LogP) is 1.19. The van der Waals surface area contributed by atoms with Crippen molar-refractivity contribution in [1.82, 2.24) is 9.78 Å². The van der Waals surface area contributed by atoms with Crippen molar-refractivity contribution in [3.05, 3.63) is 18.0 Å². The van der Waals surface area contributed by atoms with Crippen molar-refractivity contribution >= 4 is 9.84 Å². The molecule has 0 radical (unpaired) electrons. The van der Waals surface area contributed by atoms with Crippen molar-refractivity contribution in [2.75, 3.05) is 12.0 Å². The minimum absolute atomic E-state index is 0.217. The third-order valence-electron chi connectivity index (χ3n) is 2.92. The Morgan fingerprint density at radius 2 is 2.00 bits per heavy atom. The van der Waals surface area contributed by atoms with Gasteiger partial charge in [0.1, 0.15) is 9.84 Å². The number of hydrogen-bond acceptors (Lipinski definition) is 4. The molecule has 0 aromatic carbocycles. The van der Waals surface area contributed by atoms with Gasteiger partial charge in [-0.1, -0.05) is 13.8 Å². The highest BCUT2D eigenvalue weighted by Gasteiger charge is 2.15. The Kier molecular flexibility index (Phi) is 5.34. The second-order valence-corrected chi connectivity index (χ2v) is 6.89. The van der Waals surface area contributed by atoms with E-state index in [2.05, 4.69) is 18.9 Å². The Morgan fingerprint density at radius 3 is 2.50 bits per heavy atom. The number of aliphatic hydroxyl groups is 1. The second kappa shape index (κ2) is 6.33. The maximum absolute atomic E-state index is 11.1. The number of sulfone groups is 1. The molecule has 0 aliphatic rings. The number of aromatic nitrogens is 2. The van der Waals surface area contributed by atoms with Crippen LogP contribution >= 0.6 is 0 Å². The summed E-state index contributed by atoms with van der Waals surface area (Å²) in [6.07, 6.45) is 4.41. The molecule has 1 aromatic heterocycles. The first-order valence-corrected chi connectivity index (χ1v) is 8.31. The van der Waals surface area contributed by atoms with Crippen LogP contribution in [0.3, 0.4) is 0 Å². The van der Waals surface area contributed by atoms with E-state index in [0.29, 0.717) is 6.04 Å². The van der Waals surface area contributed by atoms with Gasteiger partial charge < -0.3 is 5.11 Å². The van der Waals surface area contributed by atoms with Gasteiger partial charge >= 0.3 is 0 Å². The summed E-state index contributed by atoms with van der Waals surface area (Å²) in [5, 5.41) is 14.1. The normalized spacial score (nSPS) is 14.1. The SMILES string of the molecule is CCC(CC)n1ccc(CC(O)CS(C)(=O)=O)n1. The van der Waals surface area contributed by atoms with E-state index in [-0.39, 0.29) is 12.2 Å². The van der Waals surface area contributed by atoms with Gasteiger partial charge in [-0.25, -0.2) is 8.42 Å². The first kappa shape index (κ1) is 15.2. The fourth-order valence-electron chi connectivity index (χ4n) is 2.00. The third kappa shape index (κ3) is 4.78. The highest BCUT2D eigenvalue weighted by Crippen LogP contribution is 2.15. The quantitative estimate of drug-likeness (QED) is 0.810. The Labute approximate surface area is 109 Å². The zero-order valence-corrected chi connectivity index (χ0v) is 12.0. The average molecular weight is 274 g/mol. The average Bonchev–Trinajstić information content (AvgIpc) is 2.65. The van der Waals surface area contributed by atoms with E-state index in [0.717, 1.165) is 24.8 Å². The number of aliphatic hydroxyl groups excluding tert-OH is 1. The lowest BCUT2D eigenvalue weighted by atomic mass is 10.2. The summed E-state index contributed by atoms with van der Waals surface area (Å²) in [4.78, 5) is 0. The Morgan fingerprint density at radius 1 is 1.39 bits per heavy atom. The molecule has 18 heavy (non-hydrogen) atoms. The molecule has 0 fully saturated rings. The van der Waals surface area contributed by atoms with E-state index in [1.54, 1.807) is 0 Å². The van der Waals surface area contributed by atoms with Gasteiger partial charge in [-0.05, 0) is 18.9 Å². The summed E-state index contributed by atoms with van der Waals surface area (Å²) >= 11 is 0. The summed E-state index contributed by atoms with van der Waals surface area (Å²) in [6.45, 7) is 4.21. The molecule has 1 atom stereocenters. The van der Waals surface area contributed by atoms with Gasteiger partial charge in [-0.15, -0.1) is 0 Å². The minimum Gasteiger partial charge on any atom is -0.392 e. The fraction of sp³-hybridized carbons (Fsp3) is 0.750. The van der Waals surface area contributed by atoms with Crippen molar-refractivity contribution in [3.8, 4) is 0 Å². The number of hydrogen-bond donors (Lipinski definition) is 1. The molecule has 1 rings (SSSR count). The minimum atomic E-state index is -3.15. The number of nitrogens with zero attached hydrogens (tertiary/aromatic N) is 2. The third-order valence-corrected chi connectivity index (χ3v) is 3.91. The van der Waals surface area contributed by atoms with Crippen LogP contribution in [0, 0.1) is 0 Å². The second-order valence-electron chi connectivity index (χ2n) is 4.71. The standard InChI is InChI=1S/C12H22N2O3S/c1-4-11(5-2)14-7-6-10(13-14)8-12(15)9-18(3,16)17/h6-7,11-12,15H,4-5,8-9H2,1-3H3. The molecule has 104 valence electrons. The molecule has 0 saturated heterocycles. The molecule has 1 N–H and O–H groups in total. The zero-order chi connectivity index (χ0) is 13.8. The van der Waals surface area contributed by atoms with Gasteiger partial charge in [-0.2, -0.15) is 5.10 Å². The van der Waals surface area contributed by atoms with Gasteiger partial charge in [0, 0.05) is 18.9 Å². The van der Waals surface area contributed by atoms with Crippen molar-refractivity contribution < 1.29 is 13.5 Å². The van der Waals surface area contributed by atoms with Crippen molar-refractivity contribution in [3.63, 3.8) is 0 Å². The summed E-state index contributed by atoms with van der Waals surface area (Å²) in [6, 6.07) is 2.20. The molecule has 1 aromatic rings. The molecular formula is C12H22N2O3S. The largest absolute Gasteiger partial charge is 0.392 e. The van der Waals surface area contributed by atoms with Crippen LogP contribution in [0.15, 0.2) is 12.3 Å². The van der Waals surface area contributed by atoms with Gasteiger partial charge in [0.2, 0.25) is 0 Å². The Balaban J connectivity index is 2.64. The van der Waals surface area contributed by atoms with E-state index in [9.17, 15) is 13.5 Å². The fourth-order valence-corrected chi connectivity index (χ4v) is 2.82. The monoisotopic (exact) mass is 274 g/mol. The molecule has 1 heterocycles. The van der Waals surface area contributed by atoms with Gasteiger partial charge in [0.05, 0.1) is 23.6 Å². The van der Waals surface area contributed by atoms with Crippen molar-refractivity contribution in [1.29, 1.82) is 0 Å². The van der Waals surface area contributed by atoms with Crippen LogP contribution in [-0.4, -0.2) is 41.4 Å². The first-order valence-electron chi connectivity index (χ1n) is 6.25. The lowest BCUT2D eigenvalue weighted by molar-refractivity contribution is 0.196. The predicted molar refractivity (Wildman–Crippen MR) is 71.3 cm³/mol. The van der Waals surface area contributed by atoms with E-state index in [1.807, 2.05) is 16.9 Å². The van der Waals surface area contributed by atoms with E-state index >= 15 is 0 Å². The summed E-state index contributed by atoms with van der Waals surface area (Å²) in [7, 11) is -3.15. The Hall–Kier alpha value is -0.880. The molecule has 6 heteroatoms. The lowest BCUT2D eigenvalue weighted by Crippen LogP contribution is -2.22. The van der Waals surface area contributed by atoms with Crippen LogP contribution < -0.4 is 0 Å². The smallest absolute Gasteiger partial charge is 0.150 e. The van der Waals surface area contributed by atoms with Crippen LogP contribution in [0.1, 0.15) is 38.4 Å². The van der Waals surface area contributed by atoms with Crippen LogP contribution in [0.25, 0.3) is 0 Å². The summed E-state index contributed by atoms with van der Waals surface area (Å²) in [5.41, 5.74) is 0.734. The van der Waals surface area contributed by atoms with E-state index in [1.165, 1.54) is 0 Å². The van der Waals surface area contributed by atoms with Crippen LogP contribution in [-0.2, 0) is 16.3 Å². The molecule has 0 aliphatic carbocycles. The highest BCUT2D eigenvalue weighted by atomic mass is 32.2. The molecular weight excluding hydrogens is 252 g/mol. The molecule has 0 amide bonds. The van der Waals surface area contributed by atoms with E-state index < -0.39 is 15.9 Å². The molecule has 0 aliphatic heterocycles. The van der Waals surface area contributed by atoms with Crippen LogP contribution in [0.5, 0.6) is 0 Å². The molecule has 0 spiro atoms. The highest BCUT2D eigenvalue weighted by molar-refractivity contribution is 7.90. The molecule has 5 nitrogen and oxygen atoms in total. The van der Waals surface area contributed by atoms with Crippen LogP contribution in [0.2, 0.25) is 0 Å². The van der Waals surface area contributed by atoms with Gasteiger partial charge in [0.25, 0.3) is 0 Å². The topological polar surface area (TPSA) is 72.2 Å². The van der Waals surface area contributed by atoms with E-state index in [4.69, 9.17) is 0 Å². The van der Waals surface area contributed by atoms with Crippen LogP contribution in [0.4, 0.5) is 0 Å². The molecule has 0 saturated carbocycles. The number of rotatable bonds is 7. The maximum Gasteiger partial charge on any atom is 0.150 e. The van der Waals surface area contributed by atoms with Gasteiger partial charge in [0.15, 0.2) is 0 Å². The maximum atomic E-state index is 11.1. The summed E-state index contributed by atoms with van der Waals surface area (Å²) in [5.74, 6) is -0.217.